The minimum absolute atomic E-state index is 0.0341. The molecular formula is C18H25N5O. The molecule has 1 saturated carbocycles. The number of hydrogen-bond acceptors (Lipinski definition) is 3. The fraction of sp³-hybridized carbons (Fsp3) is 0.500. The molecule has 128 valence electrons. The summed E-state index contributed by atoms with van der Waals surface area (Å²) < 4.78 is 1.70. The van der Waals surface area contributed by atoms with Crippen LogP contribution in [0.1, 0.15) is 50.5 Å². The van der Waals surface area contributed by atoms with Gasteiger partial charge in [0.05, 0.1) is 6.54 Å². The Labute approximate surface area is 142 Å². The lowest BCUT2D eigenvalue weighted by Gasteiger charge is -2.22. The van der Waals surface area contributed by atoms with Crippen LogP contribution < -0.4 is 10.6 Å². The largest absolute Gasteiger partial charge is 0.334 e. The van der Waals surface area contributed by atoms with Gasteiger partial charge in [0.2, 0.25) is 0 Å². The van der Waals surface area contributed by atoms with Crippen LogP contribution in [0.2, 0.25) is 0 Å². The summed E-state index contributed by atoms with van der Waals surface area (Å²) in [5, 5.41) is 9.83. The van der Waals surface area contributed by atoms with Gasteiger partial charge in [0.25, 0.3) is 0 Å². The van der Waals surface area contributed by atoms with E-state index in [1.165, 1.54) is 44.0 Å². The van der Waals surface area contributed by atoms with Crippen LogP contribution in [0.3, 0.4) is 0 Å². The molecule has 0 saturated heterocycles. The Morgan fingerprint density at radius 1 is 1.25 bits per heavy atom. The molecule has 2 N–H and O–H groups in total. The molecule has 1 aliphatic carbocycles. The van der Waals surface area contributed by atoms with E-state index < -0.39 is 0 Å². The maximum absolute atomic E-state index is 12.1. The van der Waals surface area contributed by atoms with Crippen molar-refractivity contribution in [3.8, 4) is 0 Å². The van der Waals surface area contributed by atoms with Crippen LogP contribution in [0.15, 0.2) is 36.9 Å². The summed E-state index contributed by atoms with van der Waals surface area (Å²) in [7, 11) is 0. The molecule has 24 heavy (non-hydrogen) atoms. The lowest BCUT2D eigenvalue weighted by Crippen LogP contribution is -2.38. The summed E-state index contributed by atoms with van der Waals surface area (Å²) in [6.07, 6.45) is 9.72. The average molecular weight is 327 g/mol. The van der Waals surface area contributed by atoms with Crippen molar-refractivity contribution in [3.63, 3.8) is 0 Å². The Bertz CT molecular complexity index is 632. The van der Waals surface area contributed by atoms with Gasteiger partial charge < -0.3 is 10.6 Å². The Balaban J connectivity index is 1.48. The molecule has 0 spiro atoms. The van der Waals surface area contributed by atoms with Gasteiger partial charge in [-0.25, -0.2) is 9.78 Å². The Kier molecular flexibility index (Phi) is 5.46. The van der Waals surface area contributed by atoms with Crippen molar-refractivity contribution in [2.24, 2.45) is 0 Å². The first-order valence-electron chi connectivity index (χ1n) is 8.70. The maximum atomic E-state index is 12.1. The van der Waals surface area contributed by atoms with Gasteiger partial charge in [-0.3, -0.25) is 4.68 Å². The highest BCUT2D eigenvalue weighted by Crippen LogP contribution is 2.32. The summed E-state index contributed by atoms with van der Waals surface area (Å²) in [5.41, 5.74) is 2.21. The molecule has 2 amide bonds. The fourth-order valence-electron chi connectivity index (χ4n) is 3.32. The van der Waals surface area contributed by atoms with Crippen molar-refractivity contribution in [2.45, 2.75) is 57.5 Å². The van der Waals surface area contributed by atoms with Gasteiger partial charge in [0.1, 0.15) is 12.7 Å². The van der Waals surface area contributed by atoms with Gasteiger partial charge in [-0.2, -0.15) is 5.10 Å². The Morgan fingerprint density at radius 2 is 2.00 bits per heavy atom. The highest BCUT2D eigenvalue weighted by molar-refractivity contribution is 5.89. The zero-order valence-corrected chi connectivity index (χ0v) is 14.1. The fourth-order valence-corrected chi connectivity index (χ4v) is 3.32. The van der Waals surface area contributed by atoms with Crippen LogP contribution in [0.4, 0.5) is 10.5 Å². The van der Waals surface area contributed by atoms with E-state index in [9.17, 15) is 4.79 Å². The molecular weight excluding hydrogens is 302 g/mol. The normalized spacial score (nSPS) is 16.5. The number of amides is 2. The van der Waals surface area contributed by atoms with Crippen molar-refractivity contribution in [2.75, 3.05) is 5.32 Å². The van der Waals surface area contributed by atoms with E-state index in [1.807, 2.05) is 19.1 Å². The van der Waals surface area contributed by atoms with Crippen molar-refractivity contribution in [1.82, 2.24) is 20.1 Å². The predicted octanol–water partition coefficient (Wildman–Crippen LogP) is 3.54. The van der Waals surface area contributed by atoms with Crippen LogP contribution in [-0.4, -0.2) is 26.8 Å². The Hall–Kier alpha value is -2.37. The molecule has 1 fully saturated rings. The number of nitrogens with one attached hydrogen (secondary N) is 2. The van der Waals surface area contributed by atoms with Crippen molar-refractivity contribution < 1.29 is 4.79 Å². The molecule has 3 rings (SSSR count). The van der Waals surface area contributed by atoms with Gasteiger partial charge >= 0.3 is 6.03 Å². The molecule has 2 aromatic rings. The van der Waals surface area contributed by atoms with Gasteiger partial charge in [-0.05, 0) is 43.4 Å². The number of rotatable bonds is 5. The number of aromatic nitrogens is 3. The van der Waals surface area contributed by atoms with E-state index in [-0.39, 0.29) is 12.1 Å². The van der Waals surface area contributed by atoms with Gasteiger partial charge in [0, 0.05) is 11.7 Å². The number of carbonyl (C=O) groups is 1. The van der Waals surface area contributed by atoms with Crippen LogP contribution in [0.25, 0.3) is 0 Å². The quantitative estimate of drug-likeness (QED) is 0.882. The number of anilines is 1. The lowest BCUT2D eigenvalue weighted by atomic mass is 9.84. The molecule has 0 radical (unpaired) electrons. The number of nitrogens with zero attached hydrogens (tertiary/aromatic N) is 3. The molecule has 1 unspecified atom stereocenters. The van der Waals surface area contributed by atoms with Crippen molar-refractivity contribution in [3.05, 3.63) is 42.5 Å². The molecule has 1 atom stereocenters. The highest BCUT2D eigenvalue weighted by atomic mass is 16.2. The third-order valence-corrected chi connectivity index (χ3v) is 4.55. The smallest absolute Gasteiger partial charge is 0.319 e. The summed E-state index contributed by atoms with van der Waals surface area (Å²) >= 11 is 0. The van der Waals surface area contributed by atoms with E-state index in [1.54, 1.807) is 11.0 Å². The van der Waals surface area contributed by atoms with Crippen LogP contribution in [-0.2, 0) is 6.54 Å². The Morgan fingerprint density at radius 3 is 2.67 bits per heavy atom. The number of carbonyl (C=O) groups excluding carboxylic acids is 1. The molecule has 6 nitrogen and oxygen atoms in total. The topological polar surface area (TPSA) is 71.8 Å². The summed E-state index contributed by atoms with van der Waals surface area (Å²) in [6, 6.07) is 8.03. The maximum Gasteiger partial charge on any atom is 0.319 e. The summed E-state index contributed by atoms with van der Waals surface area (Å²) in [5.74, 6) is 0.685. The molecule has 1 aromatic heterocycles. The second-order valence-corrected chi connectivity index (χ2v) is 6.57. The van der Waals surface area contributed by atoms with Crippen molar-refractivity contribution >= 4 is 11.7 Å². The van der Waals surface area contributed by atoms with Gasteiger partial charge in [-0.1, -0.05) is 31.4 Å². The molecule has 1 heterocycles. The zero-order chi connectivity index (χ0) is 16.8. The summed E-state index contributed by atoms with van der Waals surface area (Å²) in [6.45, 7) is 2.53. The molecule has 1 aromatic carbocycles. The lowest BCUT2D eigenvalue weighted by molar-refractivity contribution is 0.247. The van der Waals surface area contributed by atoms with E-state index in [4.69, 9.17) is 0 Å². The van der Waals surface area contributed by atoms with E-state index in [0.29, 0.717) is 12.5 Å². The minimum atomic E-state index is -0.201. The number of hydrogen-bond donors (Lipinski definition) is 2. The monoisotopic (exact) mass is 327 g/mol. The predicted molar refractivity (Wildman–Crippen MR) is 93.9 cm³/mol. The minimum Gasteiger partial charge on any atom is -0.334 e. The van der Waals surface area contributed by atoms with Crippen LogP contribution in [0.5, 0.6) is 0 Å². The van der Waals surface area contributed by atoms with Crippen molar-refractivity contribution in [1.29, 1.82) is 0 Å². The van der Waals surface area contributed by atoms with Crippen LogP contribution in [0, 0.1) is 0 Å². The molecule has 0 aliphatic heterocycles. The summed E-state index contributed by atoms with van der Waals surface area (Å²) in [4.78, 5) is 16.0. The number of benzene rings is 1. The average Bonchev–Trinajstić information content (AvgIpc) is 3.09. The number of urea groups is 1. The second-order valence-electron chi connectivity index (χ2n) is 6.57. The first-order valence-corrected chi connectivity index (χ1v) is 8.70. The third-order valence-electron chi connectivity index (χ3n) is 4.55. The second kappa shape index (κ2) is 7.95. The van der Waals surface area contributed by atoms with E-state index in [2.05, 4.69) is 32.8 Å². The van der Waals surface area contributed by atoms with E-state index >= 15 is 0 Å². The van der Waals surface area contributed by atoms with E-state index in [0.717, 1.165) is 5.69 Å². The van der Waals surface area contributed by atoms with Gasteiger partial charge in [0.15, 0.2) is 0 Å². The van der Waals surface area contributed by atoms with Crippen LogP contribution >= 0.6 is 0 Å². The third kappa shape index (κ3) is 4.57. The zero-order valence-electron chi connectivity index (χ0n) is 14.1. The first kappa shape index (κ1) is 16.5. The SMILES string of the molecule is CC(Cn1cncn1)NC(=O)Nc1ccc(C2CCCCC2)cc1. The first-order chi connectivity index (χ1) is 11.7. The highest BCUT2D eigenvalue weighted by Gasteiger charge is 2.15. The molecule has 0 bridgehead atoms. The molecule has 6 heteroatoms. The van der Waals surface area contributed by atoms with Gasteiger partial charge in [-0.15, -0.1) is 0 Å². The molecule has 1 aliphatic rings. The standard InChI is InChI=1S/C18H25N5O/c1-14(11-23-13-19-12-20-23)21-18(24)22-17-9-7-16(8-10-17)15-5-3-2-4-6-15/h7-10,12-15H,2-6,11H2,1H3,(H2,21,22,24).